The normalized spacial score (nSPS) is 17.6. The average molecular weight is 394 g/mol. The summed E-state index contributed by atoms with van der Waals surface area (Å²) in [5.41, 5.74) is 4.99. The molecule has 0 radical (unpaired) electrons. The lowest BCUT2D eigenvalue weighted by Gasteiger charge is -2.32. The third kappa shape index (κ3) is 4.74. The first kappa shape index (κ1) is 19.8. The van der Waals surface area contributed by atoms with Crippen molar-refractivity contribution in [3.05, 3.63) is 71.7 Å². The van der Waals surface area contributed by atoms with Crippen molar-refractivity contribution in [2.45, 2.75) is 26.3 Å². The predicted molar refractivity (Wildman–Crippen MR) is 114 cm³/mol. The van der Waals surface area contributed by atoms with Gasteiger partial charge in [0.25, 0.3) is 0 Å². The summed E-state index contributed by atoms with van der Waals surface area (Å²) in [6, 6.07) is 15.0. The van der Waals surface area contributed by atoms with Crippen molar-refractivity contribution in [3.63, 3.8) is 0 Å². The number of methoxy groups -OCH3 is 1. The lowest BCUT2D eigenvalue weighted by Crippen LogP contribution is -2.36. The maximum atomic E-state index is 13.9. The van der Waals surface area contributed by atoms with E-state index in [4.69, 9.17) is 9.84 Å². The van der Waals surface area contributed by atoms with Gasteiger partial charge in [-0.1, -0.05) is 24.3 Å². The SMILES string of the molecule is COC[C@@H]1CCCN(Cc2cn(-c3cccc(C)c3)nc2-c2cccc(F)c2)C1. The van der Waals surface area contributed by atoms with Crippen molar-refractivity contribution in [2.24, 2.45) is 5.92 Å². The predicted octanol–water partition coefficient (Wildman–Crippen LogP) is 4.85. The first-order valence-corrected chi connectivity index (χ1v) is 10.2. The second-order valence-corrected chi connectivity index (χ2v) is 8.00. The van der Waals surface area contributed by atoms with E-state index < -0.39 is 0 Å². The van der Waals surface area contributed by atoms with Gasteiger partial charge in [0.05, 0.1) is 18.0 Å². The molecule has 0 bridgehead atoms. The Morgan fingerprint density at radius 1 is 1.17 bits per heavy atom. The van der Waals surface area contributed by atoms with E-state index in [1.807, 2.05) is 16.8 Å². The number of likely N-dealkylation sites (tertiary alicyclic amines) is 1. The molecule has 0 saturated carbocycles. The first-order valence-electron chi connectivity index (χ1n) is 10.2. The van der Waals surface area contributed by atoms with E-state index in [9.17, 15) is 4.39 Å². The maximum absolute atomic E-state index is 13.9. The van der Waals surface area contributed by atoms with Gasteiger partial charge in [0, 0.05) is 37.5 Å². The van der Waals surface area contributed by atoms with Gasteiger partial charge in [-0.25, -0.2) is 9.07 Å². The quantitative estimate of drug-likeness (QED) is 0.600. The van der Waals surface area contributed by atoms with Crippen molar-refractivity contribution in [1.29, 1.82) is 0 Å². The molecular formula is C24H28FN3O. The maximum Gasteiger partial charge on any atom is 0.123 e. The third-order valence-electron chi connectivity index (χ3n) is 5.55. The highest BCUT2D eigenvalue weighted by atomic mass is 19.1. The summed E-state index contributed by atoms with van der Waals surface area (Å²) in [4.78, 5) is 2.47. The fourth-order valence-corrected chi connectivity index (χ4v) is 4.21. The van der Waals surface area contributed by atoms with Gasteiger partial charge < -0.3 is 4.74 Å². The summed E-state index contributed by atoms with van der Waals surface area (Å²) in [6.45, 7) is 5.77. The fraction of sp³-hybridized carbons (Fsp3) is 0.375. The van der Waals surface area contributed by atoms with Gasteiger partial charge in [-0.3, -0.25) is 4.90 Å². The largest absolute Gasteiger partial charge is 0.384 e. The van der Waals surface area contributed by atoms with Crippen molar-refractivity contribution in [2.75, 3.05) is 26.8 Å². The van der Waals surface area contributed by atoms with Crippen molar-refractivity contribution in [3.8, 4) is 16.9 Å². The van der Waals surface area contributed by atoms with Crippen molar-refractivity contribution >= 4 is 0 Å². The molecular weight excluding hydrogens is 365 g/mol. The van der Waals surface area contributed by atoms with Crippen molar-refractivity contribution < 1.29 is 9.13 Å². The van der Waals surface area contributed by atoms with Crippen LogP contribution < -0.4 is 0 Å². The standard InChI is InChI=1S/C24H28FN3O/c1-18-6-3-10-23(12-18)28-16-21(15-27-11-5-7-19(14-27)17-29-2)24(26-28)20-8-4-9-22(25)13-20/h3-4,6,8-10,12-13,16,19H,5,7,11,14-15,17H2,1-2H3/t19-/m1/s1. The zero-order chi connectivity index (χ0) is 20.2. The summed E-state index contributed by atoms with van der Waals surface area (Å²) >= 11 is 0. The van der Waals surface area contributed by atoms with Gasteiger partial charge >= 0.3 is 0 Å². The molecule has 1 saturated heterocycles. The summed E-state index contributed by atoms with van der Waals surface area (Å²) < 4.78 is 21.2. The van der Waals surface area contributed by atoms with E-state index in [0.29, 0.717) is 5.92 Å². The summed E-state index contributed by atoms with van der Waals surface area (Å²) in [5.74, 6) is 0.329. The minimum Gasteiger partial charge on any atom is -0.384 e. The Morgan fingerprint density at radius 2 is 2.03 bits per heavy atom. The Morgan fingerprint density at radius 3 is 2.83 bits per heavy atom. The molecule has 1 atom stereocenters. The summed E-state index contributed by atoms with van der Waals surface area (Å²) in [5, 5.41) is 4.85. The number of nitrogens with zero attached hydrogens (tertiary/aromatic N) is 3. The number of hydrogen-bond acceptors (Lipinski definition) is 3. The molecule has 5 heteroatoms. The molecule has 1 aliphatic heterocycles. The van der Waals surface area contributed by atoms with Gasteiger partial charge in [-0.15, -0.1) is 0 Å². The van der Waals surface area contributed by atoms with E-state index in [1.54, 1.807) is 19.2 Å². The van der Waals surface area contributed by atoms with Crippen LogP contribution in [0.2, 0.25) is 0 Å². The molecule has 3 aromatic rings. The van der Waals surface area contributed by atoms with Gasteiger partial charge in [0.15, 0.2) is 0 Å². The van der Waals surface area contributed by atoms with Crippen molar-refractivity contribution in [1.82, 2.24) is 14.7 Å². The molecule has 1 aliphatic rings. The number of aromatic nitrogens is 2. The average Bonchev–Trinajstić information content (AvgIpc) is 3.12. The number of rotatable bonds is 6. The number of piperidine rings is 1. The molecule has 29 heavy (non-hydrogen) atoms. The third-order valence-corrected chi connectivity index (χ3v) is 5.55. The molecule has 2 heterocycles. The Kier molecular flexibility index (Phi) is 6.07. The molecule has 152 valence electrons. The number of hydrogen-bond donors (Lipinski definition) is 0. The van der Waals surface area contributed by atoms with E-state index in [-0.39, 0.29) is 5.82 Å². The second kappa shape index (κ2) is 8.89. The highest BCUT2D eigenvalue weighted by Gasteiger charge is 2.22. The Labute approximate surface area is 171 Å². The van der Waals surface area contributed by atoms with Gasteiger partial charge in [-0.2, -0.15) is 5.10 Å². The molecule has 1 fully saturated rings. The van der Waals surface area contributed by atoms with Gasteiger partial charge in [0.1, 0.15) is 5.82 Å². The lowest BCUT2D eigenvalue weighted by molar-refractivity contribution is 0.0874. The van der Waals surface area contributed by atoms with Crippen LogP contribution in [0, 0.1) is 18.7 Å². The molecule has 0 unspecified atom stereocenters. The number of aryl methyl sites for hydroxylation is 1. The monoisotopic (exact) mass is 393 g/mol. The molecule has 0 aliphatic carbocycles. The smallest absolute Gasteiger partial charge is 0.123 e. The van der Waals surface area contributed by atoms with Gasteiger partial charge in [-0.05, 0) is 62.1 Å². The van der Waals surface area contributed by atoms with E-state index in [2.05, 4.69) is 36.2 Å². The molecule has 4 rings (SSSR count). The number of halogens is 1. The molecule has 0 amide bonds. The van der Waals surface area contributed by atoms with E-state index in [1.165, 1.54) is 24.5 Å². The van der Waals surface area contributed by atoms with Crippen LogP contribution in [0.15, 0.2) is 54.7 Å². The summed E-state index contributed by atoms with van der Waals surface area (Å²) in [6.07, 6.45) is 4.48. The molecule has 0 spiro atoms. The molecule has 4 nitrogen and oxygen atoms in total. The van der Waals surface area contributed by atoms with Crippen LogP contribution in [0.1, 0.15) is 24.0 Å². The zero-order valence-electron chi connectivity index (χ0n) is 17.1. The van der Waals surface area contributed by atoms with Crippen LogP contribution in [-0.2, 0) is 11.3 Å². The minimum absolute atomic E-state index is 0.239. The highest BCUT2D eigenvalue weighted by molar-refractivity contribution is 5.63. The zero-order valence-corrected chi connectivity index (χ0v) is 17.1. The summed E-state index contributed by atoms with van der Waals surface area (Å²) in [7, 11) is 1.77. The van der Waals surface area contributed by atoms with Crippen LogP contribution in [0.4, 0.5) is 4.39 Å². The lowest BCUT2D eigenvalue weighted by atomic mass is 9.98. The Bertz CT molecular complexity index is 966. The van der Waals surface area contributed by atoms with Crippen LogP contribution in [0.3, 0.4) is 0 Å². The molecule has 1 aromatic heterocycles. The topological polar surface area (TPSA) is 30.3 Å². The molecule has 2 aromatic carbocycles. The second-order valence-electron chi connectivity index (χ2n) is 8.00. The van der Waals surface area contributed by atoms with Crippen LogP contribution in [-0.4, -0.2) is 41.5 Å². The molecule has 0 N–H and O–H groups in total. The minimum atomic E-state index is -0.239. The van der Waals surface area contributed by atoms with E-state index >= 15 is 0 Å². The Hall–Kier alpha value is -2.50. The fourth-order valence-electron chi connectivity index (χ4n) is 4.21. The highest BCUT2D eigenvalue weighted by Crippen LogP contribution is 2.27. The Balaban J connectivity index is 1.67. The van der Waals surface area contributed by atoms with Crippen LogP contribution in [0.25, 0.3) is 16.9 Å². The first-order chi connectivity index (χ1) is 14.1. The van der Waals surface area contributed by atoms with Gasteiger partial charge in [0.2, 0.25) is 0 Å². The van der Waals surface area contributed by atoms with E-state index in [0.717, 1.165) is 48.7 Å². The number of ether oxygens (including phenoxy) is 1. The number of benzene rings is 2. The van der Waals surface area contributed by atoms with Crippen LogP contribution >= 0.6 is 0 Å². The van der Waals surface area contributed by atoms with Crippen LogP contribution in [0.5, 0.6) is 0 Å².